The molecular weight excluding hydrogens is 293 g/mol. The van der Waals surface area contributed by atoms with Crippen molar-refractivity contribution in [1.82, 2.24) is 5.32 Å². The van der Waals surface area contributed by atoms with Crippen LogP contribution in [0.2, 0.25) is 0 Å². The van der Waals surface area contributed by atoms with Gasteiger partial charge in [0.05, 0.1) is 12.1 Å². The third-order valence-electron chi connectivity index (χ3n) is 3.89. The molecule has 1 fully saturated rings. The first-order valence-electron chi connectivity index (χ1n) is 7.66. The number of nitrogens with one attached hydrogen (secondary N) is 2. The molecule has 0 radical (unpaired) electrons. The largest absolute Gasteiger partial charge is 0.418 e. The number of carbonyl (C=O) groups excluding carboxylic acids is 1. The highest BCUT2D eigenvalue weighted by Crippen LogP contribution is 2.34. The summed E-state index contributed by atoms with van der Waals surface area (Å²) >= 11 is 0. The Balaban J connectivity index is 1.88. The van der Waals surface area contributed by atoms with Crippen LogP contribution in [-0.2, 0) is 11.0 Å². The molecule has 2 N–H and O–H groups in total. The van der Waals surface area contributed by atoms with Gasteiger partial charge in [-0.2, -0.15) is 13.2 Å². The van der Waals surface area contributed by atoms with Crippen LogP contribution < -0.4 is 10.6 Å². The van der Waals surface area contributed by atoms with E-state index in [-0.39, 0.29) is 24.2 Å². The van der Waals surface area contributed by atoms with Gasteiger partial charge in [-0.15, -0.1) is 0 Å². The van der Waals surface area contributed by atoms with Crippen LogP contribution in [0, 0.1) is 0 Å². The Hall–Kier alpha value is -1.72. The van der Waals surface area contributed by atoms with Crippen LogP contribution in [0.3, 0.4) is 0 Å². The van der Waals surface area contributed by atoms with Crippen molar-refractivity contribution in [2.75, 3.05) is 11.9 Å². The average Bonchev–Trinajstić information content (AvgIpc) is 2.73. The van der Waals surface area contributed by atoms with Gasteiger partial charge in [-0.3, -0.25) is 4.79 Å². The summed E-state index contributed by atoms with van der Waals surface area (Å²) in [5, 5.41) is 5.50. The zero-order valence-electron chi connectivity index (χ0n) is 12.4. The summed E-state index contributed by atoms with van der Waals surface area (Å²) in [6.07, 6.45) is 2.02. The Morgan fingerprint density at radius 2 is 1.73 bits per heavy atom. The number of carbonyl (C=O) groups is 1. The van der Waals surface area contributed by atoms with Crippen LogP contribution in [-0.4, -0.2) is 18.5 Å². The molecule has 1 aliphatic carbocycles. The van der Waals surface area contributed by atoms with Gasteiger partial charge in [0.25, 0.3) is 0 Å². The fourth-order valence-electron chi connectivity index (χ4n) is 2.76. The molecule has 6 heteroatoms. The summed E-state index contributed by atoms with van der Waals surface area (Å²) in [7, 11) is 0. The normalized spacial score (nSPS) is 16.9. The number of hydrogen-bond donors (Lipinski definition) is 2. The van der Waals surface area contributed by atoms with Gasteiger partial charge >= 0.3 is 6.18 Å². The number of halogens is 3. The van der Waals surface area contributed by atoms with Crippen LogP contribution in [0.4, 0.5) is 18.9 Å². The lowest BCUT2D eigenvalue weighted by Crippen LogP contribution is -2.38. The van der Waals surface area contributed by atoms with E-state index in [4.69, 9.17) is 0 Å². The first-order chi connectivity index (χ1) is 10.5. The number of rotatable bonds is 4. The first kappa shape index (κ1) is 16.6. The summed E-state index contributed by atoms with van der Waals surface area (Å²) in [4.78, 5) is 11.9. The molecule has 122 valence electrons. The number of amides is 1. The fraction of sp³-hybridized carbons (Fsp3) is 0.562. The topological polar surface area (TPSA) is 41.1 Å². The second kappa shape index (κ2) is 7.51. The van der Waals surface area contributed by atoms with E-state index in [1.807, 2.05) is 0 Å². The number of para-hydroxylation sites is 1. The highest BCUT2D eigenvalue weighted by Gasteiger charge is 2.33. The van der Waals surface area contributed by atoms with Crippen molar-refractivity contribution in [2.24, 2.45) is 0 Å². The quantitative estimate of drug-likeness (QED) is 0.826. The molecule has 0 heterocycles. The summed E-state index contributed by atoms with van der Waals surface area (Å²) < 4.78 is 38.6. The molecule has 1 aliphatic rings. The molecule has 0 atom stereocenters. The molecule has 2 rings (SSSR count). The van der Waals surface area contributed by atoms with E-state index < -0.39 is 11.7 Å². The maximum atomic E-state index is 12.9. The van der Waals surface area contributed by atoms with Gasteiger partial charge in [0.15, 0.2) is 0 Å². The SMILES string of the molecule is O=C(CNc1ccccc1C(F)(F)F)NC1CCCCCC1. The number of benzene rings is 1. The van der Waals surface area contributed by atoms with Crippen molar-refractivity contribution in [3.8, 4) is 0 Å². The van der Waals surface area contributed by atoms with Crippen molar-refractivity contribution in [3.05, 3.63) is 29.8 Å². The van der Waals surface area contributed by atoms with Gasteiger partial charge in [0.1, 0.15) is 0 Å². The van der Waals surface area contributed by atoms with E-state index in [0.29, 0.717) is 0 Å². The van der Waals surface area contributed by atoms with E-state index in [1.54, 1.807) is 0 Å². The molecule has 1 saturated carbocycles. The minimum atomic E-state index is -4.43. The van der Waals surface area contributed by atoms with Crippen molar-refractivity contribution < 1.29 is 18.0 Å². The van der Waals surface area contributed by atoms with Gasteiger partial charge < -0.3 is 10.6 Å². The Labute approximate surface area is 128 Å². The molecule has 0 unspecified atom stereocenters. The number of hydrogen-bond acceptors (Lipinski definition) is 2. The van der Waals surface area contributed by atoms with Gasteiger partial charge in [0, 0.05) is 11.7 Å². The number of alkyl halides is 3. The highest BCUT2D eigenvalue weighted by atomic mass is 19.4. The van der Waals surface area contributed by atoms with Crippen molar-refractivity contribution in [1.29, 1.82) is 0 Å². The van der Waals surface area contributed by atoms with Crippen molar-refractivity contribution >= 4 is 11.6 Å². The molecule has 1 amide bonds. The highest BCUT2D eigenvalue weighted by molar-refractivity contribution is 5.81. The third kappa shape index (κ3) is 4.93. The number of anilines is 1. The second-order valence-electron chi connectivity index (χ2n) is 5.65. The summed E-state index contributed by atoms with van der Waals surface area (Å²) in [6.45, 7) is -0.149. The van der Waals surface area contributed by atoms with E-state index >= 15 is 0 Å². The Morgan fingerprint density at radius 1 is 1.09 bits per heavy atom. The molecule has 0 bridgehead atoms. The van der Waals surface area contributed by atoms with Crippen molar-refractivity contribution in [3.63, 3.8) is 0 Å². The predicted molar refractivity (Wildman–Crippen MR) is 79.6 cm³/mol. The zero-order valence-corrected chi connectivity index (χ0v) is 12.4. The predicted octanol–water partition coefficient (Wildman–Crippen LogP) is 3.96. The van der Waals surface area contributed by atoms with E-state index in [1.165, 1.54) is 31.0 Å². The van der Waals surface area contributed by atoms with Crippen LogP contribution in [0.25, 0.3) is 0 Å². The molecule has 0 saturated heterocycles. The molecule has 0 aromatic heterocycles. The Bertz CT molecular complexity index is 494. The van der Waals surface area contributed by atoms with Crippen molar-refractivity contribution in [2.45, 2.75) is 50.7 Å². The standard InChI is InChI=1S/C16H21F3N2O/c17-16(18,19)13-9-5-6-10-14(13)20-11-15(22)21-12-7-3-1-2-4-8-12/h5-6,9-10,12,20H,1-4,7-8,11H2,(H,21,22). The maximum Gasteiger partial charge on any atom is 0.418 e. The second-order valence-corrected chi connectivity index (χ2v) is 5.65. The Kier molecular flexibility index (Phi) is 5.69. The van der Waals surface area contributed by atoms with Crippen LogP contribution >= 0.6 is 0 Å². The molecule has 3 nitrogen and oxygen atoms in total. The fourth-order valence-corrected chi connectivity index (χ4v) is 2.76. The molecular formula is C16H21F3N2O. The minimum Gasteiger partial charge on any atom is -0.376 e. The lowest BCUT2D eigenvalue weighted by molar-refractivity contribution is -0.137. The van der Waals surface area contributed by atoms with E-state index in [0.717, 1.165) is 31.7 Å². The monoisotopic (exact) mass is 314 g/mol. The summed E-state index contributed by atoms with van der Waals surface area (Å²) in [6, 6.07) is 5.34. The maximum absolute atomic E-state index is 12.9. The van der Waals surface area contributed by atoms with E-state index in [2.05, 4.69) is 10.6 Å². The molecule has 22 heavy (non-hydrogen) atoms. The minimum absolute atomic E-state index is 0.0639. The van der Waals surface area contributed by atoms with Gasteiger partial charge in [-0.25, -0.2) is 0 Å². The first-order valence-corrected chi connectivity index (χ1v) is 7.66. The lowest BCUT2D eigenvalue weighted by Gasteiger charge is -2.18. The summed E-state index contributed by atoms with van der Waals surface area (Å²) in [5.41, 5.74) is -0.816. The third-order valence-corrected chi connectivity index (χ3v) is 3.89. The average molecular weight is 314 g/mol. The molecule has 0 spiro atoms. The molecule has 0 aliphatic heterocycles. The molecule has 1 aromatic rings. The van der Waals surface area contributed by atoms with Crippen LogP contribution in [0.1, 0.15) is 44.1 Å². The Morgan fingerprint density at radius 3 is 2.36 bits per heavy atom. The lowest BCUT2D eigenvalue weighted by atomic mass is 10.1. The zero-order chi connectivity index (χ0) is 16.0. The van der Waals surface area contributed by atoms with Gasteiger partial charge in [0.2, 0.25) is 5.91 Å². The van der Waals surface area contributed by atoms with Gasteiger partial charge in [-0.05, 0) is 25.0 Å². The molecule has 1 aromatic carbocycles. The van der Waals surface area contributed by atoms with Gasteiger partial charge in [-0.1, -0.05) is 37.8 Å². The smallest absolute Gasteiger partial charge is 0.376 e. The van der Waals surface area contributed by atoms with E-state index in [9.17, 15) is 18.0 Å². The summed E-state index contributed by atoms with van der Waals surface area (Å²) in [5.74, 6) is -0.260. The van der Waals surface area contributed by atoms with Crippen LogP contribution in [0.15, 0.2) is 24.3 Å². The van der Waals surface area contributed by atoms with Crippen LogP contribution in [0.5, 0.6) is 0 Å².